The minimum atomic E-state index is -0.692. The molecule has 202 valence electrons. The molecule has 0 unspecified atom stereocenters. The molecule has 11 nitrogen and oxygen atoms in total. The van der Waals surface area contributed by atoms with Gasteiger partial charge in [-0.05, 0) is 56.2 Å². The van der Waals surface area contributed by atoms with Gasteiger partial charge in [0.1, 0.15) is 17.1 Å². The maximum absolute atomic E-state index is 14.2. The lowest BCUT2D eigenvalue weighted by Gasteiger charge is -2.20. The number of aromatic nitrogens is 7. The zero-order chi connectivity index (χ0) is 28.7. The number of hydrogen-bond acceptors (Lipinski definition) is 7. The Morgan fingerprint density at radius 1 is 1.02 bits per heavy atom. The minimum Gasteiger partial charge on any atom is -0.381 e. The number of rotatable bonds is 4. The fraction of sp³-hybridized carbons (Fsp3) is 0.133. The van der Waals surface area contributed by atoms with Crippen molar-refractivity contribution in [2.75, 3.05) is 5.73 Å². The highest BCUT2D eigenvalue weighted by atomic mass is 16.2. The Labute approximate surface area is 234 Å². The van der Waals surface area contributed by atoms with Crippen LogP contribution in [-0.2, 0) is 7.05 Å². The summed E-state index contributed by atoms with van der Waals surface area (Å²) in [6.07, 6.45) is 3.26. The molecule has 41 heavy (non-hydrogen) atoms. The highest BCUT2D eigenvalue weighted by Gasteiger charge is 2.25. The molecule has 6 aromatic rings. The average Bonchev–Trinajstić information content (AvgIpc) is 3.54. The number of para-hydroxylation sites is 1. The summed E-state index contributed by atoms with van der Waals surface area (Å²) >= 11 is 0. The number of nitrogens with zero attached hydrogens (tertiary/aromatic N) is 7. The fourth-order valence-corrected chi connectivity index (χ4v) is 4.72. The molecule has 4 aromatic heterocycles. The lowest BCUT2D eigenvalue weighted by molar-refractivity contribution is 0.0940. The molecular formula is C30H25N9O2. The van der Waals surface area contributed by atoms with E-state index in [1.54, 1.807) is 61.4 Å². The number of benzene rings is 2. The number of nitrogen functional groups attached to an aromatic ring is 1. The van der Waals surface area contributed by atoms with E-state index in [1.165, 1.54) is 9.08 Å². The van der Waals surface area contributed by atoms with Gasteiger partial charge >= 0.3 is 0 Å². The molecule has 0 aliphatic rings. The van der Waals surface area contributed by atoms with Crippen LogP contribution in [0.5, 0.6) is 0 Å². The predicted molar refractivity (Wildman–Crippen MR) is 155 cm³/mol. The molecule has 4 heterocycles. The molecule has 0 saturated heterocycles. The summed E-state index contributed by atoms with van der Waals surface area (Å²) < 4.78 is 4.69. The molecule has 0 fully saturated rings. The highest BCUT2D eigenvalue weighted by Crippen LogP contribution is 2.22. The minimum absolute atomic E-state index is 0.0556. The molecule has 1 atom stereocenters. The first kappa shape index (κ1) is 25.5. The van der Waals surface area contributed by atoms with E-state index in [4.69, 9.17) is 10.7 Å². The molecule has 3 N–H and O–H groups in total. The van der Waals surface area contributed by atoms with Gasteiger partial charge in [0.15, 0.2) is 11.5 Å². The molecule has 6 rings (SSSR count). The van der Waals surface area contributed by atoms with Gasteiger partial charge in [-0.1, -0.05) is 30.2 Å². The summed E-state index contributed by atoms with van der Waals surface area (Å²) in [6.45, 7) is 3.61. The number of aryl methyl sites for hydroxylation is 2. The molecule has 0 aliphatic carbocycles. The van der Waals surface area contributed by atoms with Crippen molar-refractivity contribution < 1.29 is 4.79 Å². The SMILES string of the molecule is Cc1ccnc2c(C(=O)N[C@H](C)c3nc4cccc(C#Cc5ccnn5C)c4c(=O)n3-c3ccccc3)c(N)nn12. The number of amides is 1. The first-order valence-electron chi connectivity index (χ1n) is 12.9. The van der Waals surface area contributed by atoms with Gasteiger partial charge in [-0.3, -0.25) is 18.8 Å². The van der Waals surface area contributed by atoms with E-state index in [9.17, 15) is 9.59 Å². The quantitative estimate of drug-likeness (QED) is 0.326. The first-order valence-corrected chi connectivity index (χ1v) is 12.9. The molecule has 1 amide bonds. The van der Waals surface area contributed by atoms with Gasteiger partial charge in [-0.2, -0.15) is 5.10 Å². The number of nitrogens with one attached hydrogen (secondary N) is 1. The van der Waals surface area contributed by atoms with Crippen molar-refractivity contribution in [3.05, 3.63) is 112 Å². The lowest BCUT2D eigenvalue weighted by atomic mass is 10.1. The van der Waals surface area contributed by atoms with Crippen molar-refractivity contribution in [2.45, 2.75) is 19.9 Å². The molecule has 0 spiro atoms. The van der Waals surface area contributed by atoms with E-state index in [-0.39, 0.29) is 16.9 Å². The second kappa shape index (κ2) is 10.1. The number of carbonyl (C=O) groups excluding carboxylic acids is 1. The number of hydrogen-bond donors (Lipinski definition) is 2. The number of nitrogens with two attached hydrogens (primary N) is 1. The van der Waals surface area contributed by atoms with Crippen molar-refractivity contribution >= 4 is 28.3 Å². The third-order valence-electron chi connectivity index (χ3n) is 6.78. The topological polar surface area (TPSA) is 138 Å². The monoisotopic (exact) mass is 543 g/mol. The number of fused-ring (bicyclic) bond motifs is 2. The zero-order valence-corrected chi connectivity index (χ0v) is 22.5. The Morgan fingerprint density at radius 2 is 1.83 bits per heavy atom. The summed E-state index contributed by atoms with van der Waals surface area (Å²) in [5.41, 5.74) is 9.41. The van der Waals surface area contributed by atoms with Crippen LogP contribution in [0, 0.1) is 18.8 Å². The van der Waals surface area contributed by atoms with E-state index < -0.39 is 11.9 Å². The second-order valence-electron chi connectivity index (χ2n) is 9.51. The zero-order valence-electron chi connectivity index (χ0n) is 22.5. The van der Waals surface area contributed by atoms with Gasteiger partial charge in [0, 0.05) is 24.5 Å². The summed E-state index contributed by atoms with van der Waals surface area (Å²) in [5.74, 6) is 6.12. The standard InChI is InChI=1S/C30H25N9O2/c1-18-14-16-32-28-25(26(31)36-39(18)28)29(40)34-19(2)27-35-23-11-7-8-20(12-13-21-15-17-33-37(21)3)24(23)30(41)38(27)22-9-5-4-6-10-22/h4-11,14-17,19H,1-3H3,(H2,31,36)(H,34,40)/t19-/m1/s1. The molecular weight excluding hydrogens is 518 g/mol. The van der Waals surface area contributed by atoms with Crippen molar-refractivity contribution in [2.24, 2.45) is 7.05 Å². The Balaban J connectivity index is 1.48. The Kier molecular flexibility index (Phi) is 6.28. The van der Waals surface area contributed by atoms with Gasteiger partial charge in [-0.15, -0.1) is 5.10 Å². The second-order valence-corrected chi connectivity index (χ2v) is 9.51. The van der Waals surface area contributed by atoms with Crippen molar-refractivity contribution in [3.8, 4) is 17.5 Å². The Morgan fingerprint density at radius 3 is 2.59 bits per heavy atom. The molecule has 2 aromatic carbocycles. The van der Waals surface area contributed by atoms with Crippen LogP contribution in [0.15, 0.2) is 77.9 Å². The third-order valence-corrected chi connectivity index (χ3v) is 6.78. The Bertz CT molecular complexity index is 2080. The van der Waals surface area contributed by atoms with E-state index in [1.807, 2.05) is 37.3 Å². The largest absolute Gasteiger partial charge is 0.381 e. The van der Waals surface area contributed by atoms with Gasteiger partial charge in [0.25, 0.3) is 11.5 Å². The maximum atomic E-state index is 14.2. The van der Waals surface area contributed by atoms with Crippen molar-refractivity contribution in [3.63, 3.8) is 0 Å². The van der Waals surface area contributed by atoms with Crippen LogP contribution in [-0.4, -0.2) is 39.8 Å². The van der Waals surface area contributed by atoms with E-state index in [0.717, 1.165) is 5.69 Å². The van der Waals surface area contributed by atoms with Crippen LogP contribution in [0.3, 0.4) is 0 Å². The Hall–Kier alpha value is -5.76. The molecule has 0 aliphatic heterocycles. The molecule has 0 radical (unpaired) electrons. The fourth-order valence-electron chi connectivity index (χ4n) is 4.72. The van der Waals surface area contributed by atoms with Crippen LogP contribution < -0.4 is 16.6 Å². The average molecular weight is 544 g/mol. The summed E-state index contributed by atoms with van der Waals surface area (Å²) in [7, 11) is 1.80. The van der Waals surface area contributed by atoms with Gasteiger partial charge < -0.3 is 11.1 Å². The van der Waals surface area contributed by atoms with Crippen LogP contribution in [0.1, 0.15) is 46.1 Å². The maximum Gasteiger partial charge on any atom is 0.267 e. The molecule has 0 saturated carbocycles. The summed E-state index contributed by atoms with van der Waals surface area (Å²) in [6, 6.07) is 17.4. The van der Waals surface area contributed by atoms with Gasteiger partial charge in [-0.25, -0.2) is 14.5 Å². The molecule has 11 heteroatoms. The number of carbonyl (C=O) groups is 1. The normalized spacial score (nSPS) is 11.8. The summed E-state index contributed by atoms with van der Waals surface area (Å²) in [4.78, 5) is 36.8. The number of anilines is 1. The lowest BCUT2D eigenvalue weighted by Crippen LogP contribution is -2.33. The van der Waals surface area contributed by atoms with Crippen molar-refractivity contribution in [1.82, 2.24) is 39.2 Å². The van der Waals surface area contributed by atoms with E-state index >= 15 is 0 Å². The third kappa shape index (κ3) is 4.47. The van der Waals surface area contributed by atoms with E-state index in [0.29, 0.717) is 39.3 Å². The highest BCUT2D eigenvalue weighted by molar-refractivity contribution is 6.04. The van der Waals surface area contributed by atoms with Crippen LogP contribution >= 0.6 is 0 Å². The van der Waals surface area contributed by atoms with Crippen LogP contribution in [0.25, 0.3) is 22.2 Å². The predicted octanol–water partition coefficient (Wildman–Crippen LogP) is 2.94. The van der Waals surface area contributed by atoms with Gasteiger partial charge in [0.2, 0.25) is 0 Å². The first-order chi connectivity index (χ1) is 19.8. The van der Waals surface area contributed by atoms with Crippen molar-refractivity contribution in [1.29, 1.82) is 0 Å². The van der Waals surface area contributed by atoms with Crippen LogP contribution in [0.2, 0.25) is 0 Å². The van der Waals surface area contributed by atoms with E-state index in [2.05, 4.69) is 32.3 Å². The van der Waals surface area contributed by atoms with Crippen LogP contribution in [0.4, 0.5) is 5.82 Å². The summed E-state index contributed by atoms with van der Waals surface area (Å²) in [5, 5.41) is 11.7. The molecule has 0 bridgehead atoms. The van der Waals surface area contributed by atoms with Gasteiger partial charge in [0.05, 0.1) is 28.8 Å². The smallest absolute Gasteiger partial charge is 0.267 e.